The van der Waals surface area contributed by atoms with Crippen LogP contribution in [0.4, 0.5) is 0 Å². The van der Waals surface area contributed by atoms with Crippen LogP contribution in [-0.4, -0.2) is 12.6 Å². The zero-order valence-corrected chi connectivity index (χ0v) is 10.8. The molecule has 0 spiro atoms. The molecule has 1 aromatic carbocycles. The molecule has 1 aliphatic carbocycles. The van der Waals surface area contributed by atoms with Crippen molar-refractivity contribution in [3.05, 3.63) is 34.9 Å². The third-order valence-corrected chi connectivity index (χ3v) is 3.64. The van der Waals surface area contributed by atoms with E-state index < -0.39 is 0 Å². The van der Waals surface area contributed by atoms with Crippen molar-refractivity contribution in [2.45, 2.75) is 44.6 Å². The minimum atomic E-state index is 0.229. The van der Waals surface area contributed by atoms with Crippen molar-refractivity contribution in [2.24, 2.45) is 0 Å². The first kappa shape index (κ1) is 11.9. The highest BCUT2D eigenvalue weighted by Gasteiger charge is 2.23. The first-order chi connectivity index (χ1) is 7.58. The van der Waals surface area contributed by atoms with Crippen LogP contribution in [0.5, 0.6) is 0 Å². The van der Waals surface area contributed by atoms with Gasteiger partial charge in [0.1, 0.15) is 0 Å². The second-order valence-corrected chi connectivity index (χ2v) is 5.81. The maximum absolute atomic E-state index is 5.90. The van der Waals surface area contributed by atoms with Crippen molar-refractivity contribution < 1.29 is 0 Å². The van der Waals surface area contributed by atoms with E-state index in [1.165, 1.54) is 24.8 Å². The Morgan fingerprint density at radius 1 is 1.25 bits per heavy atom. The summed E-state index contributed by atoms with van der Waals surface area (Å²) in [7, 11) is 0. The van der Waals surface area contributed by atoms with Gasteiger partial charge in [-0.25, -0.2) is 0 Å². The Labute approximate surface area is 103 Å². The van der Waals surface area contributed by atoms with E-state index >= 15 is 0 Å². The van der Waals surface area contributed by atoms with Gasteiger partial charge in [0.25, 0.3) is 0 Å². The smallest absolute Gasteiger partial charge is 0.0406 e. The van der Waals surface area contributed by atoms with Gasteiger partial charge in [0, 0.05) is 11.1 Å². The lowest BCUT2D eigenvalue weighted by Crippen LogP contribution is -2.26. The number of hydrogen-bond acceptors (Lipinski definition) is 1. The van der Waals surface area contributed by atoms with E-state index in [9.17, 15) is 0 Å². The normalized spacial score (nSPS) is 16.4. The van der Waals surface area contributed by atoms with Crippen LogP contribution in [0.1, 0.15) is 38.7 Å². The van der Waals surface area contributed by atoms with Gasteiger partial charge in [-0.2, -0.15) is 0 Å². The van der Waals surface area contributed by atoms with Gasteiger partial charge in [0.15, 0.2) is 0 Å². The monoisotopic (exact) mass is 237 g/mol. The number of halogens is 1. The maximum Gasteiger partial charge on any atom is 0.0406 e. The summed E-state index contributed by atoms with van der Waals surface area (Å²) in [5, 5.41) is 4.38. The molecule has 0 aromatic heterocycles. The Hall–Kier alpha value is -0.530. The molecule has 1 aliphatic rings. The Bertz CT molecular complexity index is 338. The lowest BCUT2D eigenvalue weighted by Gasteiger charge is -2.25. The molecule has 1 fully saturated rings. The molecule has 0 unspecified atom stereocenters. The molecule has 0 aliphatic heterocycles. The lowest BCUT2D eigenvalue weighted by atomic mass is 9.81. The first-order valence-corrected chi connectivity index (χ1v) is 6.45. The molecule has 2 rings (SSSR count). The summed E-state index contributed by atoms with van der Waals surface area (Å²) < 4.78 is 0. The van der Waals surface area contributed by atoms with E-state index in [2.05, 4.69) is 31.3 Å². The Balaban J connectivity index is 1.91. The fourth-order valence-corrected chi connectivity index (χ4v) is 2.05. The summed E-state index contributed by atoms with van der Waals surface area (Å²) in [6.07, 6.45) is 3.90. The van der Waals surface area contributed by atoms with Gasteiger partial charge in [-0.3, -0.25) is 0 Å². The molecule has 1 aromatic rings. The molecule has 1 N–H and O–H groups in total. The highest BCUT2D eigenvalue weighted by atomic mass is 35.5. The van der Waals surface area contributed by atoms with Crippen LogP contribution in [0.25, 0.3) is 0 Å². The summed E-state index contributed by atoms with van der Waals surface area (Å²) in [6, 6.07) is 9.04. The predicted octanol–water partition coefficient (Wildman–Crippen LogP) is 3.76. The average molecular weight is 238 g/mol. The molecule has 0 bridgehead atoms. The number of hydrogen-bond donors (Lipinski definition) is 1. The van der Waals surface area contributed by atoms with E-state index in [1.54, 1.807) is 0 Å². The van der Waals surface area contributed by atoms with Crippen molar-refractivity contribution in [1.29, 1.82) is 0 Å². The van der Waals surface area contributed by atoms with Crippen molar-refractivity contribution >= 4 is 11.6 Å². The van der Waals surface area contributed by atoms with Crippen molar-refractivity contribution in [1.82, 2.24) is 5.32 Å². The van der Waals surface area contributed by atoms with Crippen molar-refractivity contribution in [3.63, 3.8) is 0 Å². The number of rotatable bonds is 5. The van der Waals surface area contributed by atoms with Crippen LogP contribution >= 0.6 is 11.6 Å². The molecule has 0 saturated heterocycles. The molecule has 2 heteroatoms. The lowest BCUT2D eigenvalue weighted by molar-refractivity contribution is 0.456. The minimum absolute atomic E-state index is 0.229. The Morgan fingerprint density at radius 3 is 2.44 bits per heavy atom. The van der Waals surface area contributed by atoms with Gasteiger partial charge in [-0.15, -0.1) is 0 Å². The maximum atomic E-state index is 5.90. The van der Waals surface area contributed by atoms with Gasteiger partial charge < -0.3 is 5.32 Å². The topological polar surface area (TPSA) is 12.0 Å². The summed E-state index contributed by atoms with van der Waals surface area (Å²) in [5.41, 5.74) is 1.60. The molecule has 0 atom stereocenters. The largest absolute Gasteiger partial charge is 0.314 e. The fraction of sp³-hybridized carbons (Fsp3) is 0.571. The molecule has 1 saturated carbocycles. The first-order valence-electron chi connectivity index (χ1n) is 6.07. The molecule has 88 valence electrons. The molecular weight excluding hydrogens is 218 g/mol. The number of nitrogens with one attached hydrogen (secondary N) is 1. The SMILES string of the molecule is CC(C)(CCNC1CC1)c1ccc(Cl)cc1. The van der Waals surface area contributed by atoms with E-state index in [0.29, 0.717) is 0 Å². The summed E-state index contributed by atoms with van der Waals surface area (Å²) in [6.45, 7) is 5.70. The van der Waals surface area contributed by atoms with Gasteiger partial charge in [-0.05, 0) is 48.9 Å². The van der Waals surface area contributed by atoms with E-state index in [4.69, 9.17) is 11.6 Å². The van der Waals surface area contributed by atoms with Crippen LogP contribution in [0.3, 0.4) is 0 Å². The van der Waals surface area contributed by atoms with Gasteiger partial charge >= 0.3 is 0 Å². The minimum Gasteiger partial charge on any atom is -0.314 e. The predicted molar refractivity (Wildman–Crippen MR) is 70.1 cm³/mol. The van der Waals surface area contributed by atoms with Gasteiger partial charge in [0.2, 0.25) is 0 Å². The average Bonchev–Trinajstić information content (AvgIpc) is 3.02. The highest BCUT2D eigenvalue weighted by molar-refractivity contribution is 6.30. The summed E-state index contributed by atoms with van der Waals surface area (Å²) >= 11 is 5.90. The van der Waals surface area contributed by atoms with Crippen LogP contribution in [0.2, 0.25) is 5.02 Å². The fourth-order valence-electron chi connectivity index (χ4n) is 1.92. The third-order valence-electron chi connectivity index (χ3n) is 3.39. The summed E-state index contributed by atoms with van der Waals surface area (Å²) in [4.78, 5) is 0. The van der Waals surface area contributed by atoms with E-state index in [-0.39, 0.29) is 5.41 Å². The van der Waals surface area contributed by atoms with E-state index in [0.717, 1.165) is 17.6 Å². The Kier molecular flexibility index (Phi) is 3.56. The zero-order chi connectivity index (χ0) is 11.6. The third kappa shape index (κ3) is 3.23. The molecular formula is C14H20ClN. The molecule has 16 heavy (non-hydrogen) atoms. The molecule has 0 heterocycles. The van der Waals surface area contributed by atoms with Gasteiger partial charge in [0.05, 0.1) is 0 Å². The Morgan fingerprint density at radius 2 is 1.88 bits per heavy atom. The molecule has 1 nitrogen and oxygen atoms in total. The van der Waals surface area contributed by atoms with Crippen LogP contribution in [0, 0.1) is 0 Å². The second kappa shape index (κ2) is 4.77. The van der Waals surface area contributed by atoms with Gasteiger partial charge in [-0.1, -0.05) is 37.6 Å². The van der Waals surface area contributed by atoms with Crippen molar-refractivity contribution in [3.8, 4) is 0 Å². The van der Waals surface area contributed by atoms with Crippen molar-refractivity contribution in [2.75, 3.05) is 6.54 Å². The number of benzene rings is 1. The standard InChI is InChI=1S/C14H20ClN/c1-14(2,9-10-16-13-7-8-13)11-3-5-12(15)6-4-11/h3-6,13,16H,7-10H2,1-2H3. The zero-order valence-electron chi connectivity index (χ0n) is 10.1. The molecule has 0 radical (unpaired) electrons. The van der Waals surface area contributed by atoms with E-state index in [1.807, 2.05) is 12.1 Å². The van der Waals surface area contributed by atoms with Crippen LogP contribution in [0.15, 0.2) is 24.3 Å². The molecule has 0 amide bonds. The van der Waals surface area contributed by atoms with Crippen LogP contribution < -0.4 is 5.32 Å². The summed E-state index contributed by atoms with van der Waals surface area (Å²) in [5.74, 6) is 0. The quantitative estimate of drug-likeness (QED) is 0.822. The highest BCUT2D eigenvalue weighted by Crippen LogP contribution is 2.28. The van der Waals surface area contributed by atoms with Crippen LogP contribution in [-0.2, 0) is 5.41 Å². The second-order valence-electron chi connectivity index (χ2n) is 5.37.